The van der Waals surface area contributed by atoms with Crippen molar-refractivity contribution < 1.29 is 9.53 Å². The zero-order chi connectivity index (χ0) is 31.8. The highest BCUT2D eigenvalue weighted by atomic mass is 32.2. The minimum atomic E-state index is -0.548. The van der Waals surface area contributed by atoms with Gasteiger partial charge in [0.15, 0.2) is 0 Å². The van der Waals surface area contributed by atoms with Gasteiger partial charge in [0.25, 0.3) is 0 Å². The average molecular weight is 625 g/mol. The van der Waals surface area contributed by atoms with Crippen molar-refractivity contribution >= 4 is 52.3 Å². The molecule has 1 N–H and O–H groups in total. The van der Waals surface area contributed by atoms with Crippen LogP contribution in [0, 0.1) is 19.3 Å². The first-order valence-electron chi connectivity index (χ1n) is 16.4. The summed E-state index contributed by atoms with van der Waals surface area (Å²) in [5.74, 6) is 0.930. The molecule has 5 aromatic carbocycles. The maximum absolute atomic E-state index is 13.1. The number of nitrogens with zero attached hydrogens (tertiary/aromatic N) is 1. The first kappa shape index (κ1) is 30.5. The number of anilines is 2. The SMILES string of the molecule is COC(=O)C1(C)Cc2c(C)c(CCCSc3ccccc3)c(B3Nc4cccc5cccc(c45)N3Cc3ccccc3)c(C)c2C1. The average Bonchev–Trinajstić information content (AvgIpc) is 3.46. The van der Waals surface area contributed by atoms with Crippen molar-refractivity contribution in [3.63, 3.8) is 0 Å². The lowest BCUT2D eigenvalue weighted by atomic mass is 9.58. The van der Waals surface area contributed by atoms with Crippen molar-refractivity contribution in [1.82, 2.24) is 0 Å². The first-order chi connectivity index (χ1) is 22.4. The zero-order valence-corrected chi connectivity index (χ0v) is 28.0. The fraction of sp³-hybridized carbons (Fsp3) is 0.275. The van der Waals surface area contributed by atoms with Gasteiger partial charge in [-0.1, -0.05) is 72.8 Å². The molecule has 2 aliphatic rings. The van der Waals surface area contributed by atoms with Crippen LogP contribution >= 0.6 is 11.8 Å². The number of hydrogen-bond acceptors (Lipinski definition) is 5. The third-order valence-corrected chi connectivity index (χ3v) is 11.2. The number of hydrogen-bond donors (Lipinski definition) is 1. The summed E-state index contributed by atoms with van der Waals surface area (Å²) in [5.41, 5.74) is 11.2. The maximum Gasteiger partial charge on any atom is 0.409 e. The summed E-state index contributed by atoms with van der Waals surface area (Å²) < 4.78 is 5.34. The third kappa shape index (κ3) is 5.47. The molecule has 1 heterocycles. The van der Waals surface area contributed by atoms with E-state index >= 15 is 0 Å². The summed E-state index contributed by atoms with van der Waals surface area (Å²) in [6, 6.07) is 34.7. The van der Waals surface area contributed by atoms with Gasteiger partial charge in [0.2, 0.25) is 0 Å². The lowest BCUT2D eigenvalue weighted by Crippen LogP contribution is -2.58. The van der Waals surface area contributed by atoms with Gasteiger partial charge in [-0.25, -0.2) is 0 Å². The predicted octanol–water partition coefficient (Wildman–Crippen LogP) is 8.29. The second-order valence-electron chi connectivity index (χ2n) is 13.1. The van der Waals surface area contributed by atoms with E-state index in [1.165, 1.54) is 73.0 Å². The molecule has 1 unspecified atom stereocenters. The minimum Gasteiger partial charge on any atom is -0.469 e. The molecule has 0 amide bonds. The Kier molecular flexibility index (Phi) is 8.33. The number of methoxy groups -OCH3 is 1. The summed E-state index contributed by atoms with van der Waals surface area (Å²) in [6.07, 6.45) is 3.48. The van der Waals surface area contributed by atoms with Crippen LogP contribution in [0.25, 0.3) is 10.8 Å². The molecular weight excluding hydrogens is 583 g/mol. The largest absolute Gasteiger partial charge is 0.469 e. The van der Waals surface area contributed by atoms with Gasteiger partial charge in [0.05, 0.1) is 12.5 Å². The Morgan fingerprint density at radius 1 is 0.891 bits per heavy atom. The minimum absolute atomic E-state index is 0.0635. The van der Waals surface area contributed by atoms with Crippen LogP contribution < -0.4 is 15.5 Å². The number of carbonyl (C=O) groups excluding carboxylic acids is 1. The molecule has 46 heavy (non-hydrogen) atoms. The topological polar surface area (TPSA) is 41.6 Å². The van der Waals surface area contributed by atoms with Gasteiger partial charge >= 0.3 is 13.0 Å². The Morgan fingerprint density at radius 3 is 2.28 bits per heavy atom. The van der Waals surface area contributed by atoms with Crippen molar-refractivity contribution in [2.45, 2.75) is 57.9 Å². The van der Waals surface area contributed by atoms with Crippen LogP contribution in [-0.4, -0.2) is 25.8 Å². The number of fused-ring (bicyclic) bond motifs is 1. The van der Waals surface area contributed by atoms with Crippen molar-refractivity contribution in [1.29, 1.82) is 0 Å². The number of nitrogens with one attached hydrogen (secondary N) is 1. The quantitative estimate of drug-likeness (QED) is 0.0774. The van der Waals surface area contributed by atoms with Crippen LogP contribution in [-0.2, 0) is 35.3 Å². The normalized spacial score (nSPS) is 16.8. The maximum atomic E-state index is 13.1. The van der Waals surface area contributed by atoms with E-state index in [9.17, 15) is 4.79 Å². The molecule has 1 atom stereocenters. The van der Waals surface area contributed by atoms with Crippen molar-refractivity contribution in [3.05, 3.63) is 130 Å². The lowest BCUT2D eigenvalue weighted by Gasteiger charge is -2.40. The zero-order valence-electron chi connectivity index (χ0n) is 27.2. The molecule has 0 saturated carbocycles. The summed E-state index contributed by atoms with van der Waals surface area (Å²) >= 11 is 1.93. The molecule has 0 radical (unpaired) electrons. The van der Waals surface area contributed by atoms with Crippen molar-refractivity contribution in [3.8, 4) is 0 Å². The van der Waals surface area contributed by atoms with Crippen LogP contribution in [0.2, 0.25) is 0 Å². The number of esters is 1. The van der Waals surface area contributed by atoms with Crippen molar-refractivity contribution in [2.75, 3.05) is 22.9 Å². The first-order valence-corrected chi connectivity index (χ1v) is 17.4. The molecule has 0 fully saturated rings. The monoisotopic (exact) mass is 624 g/mol. The van der Waals surface area contributed by atoms with Gasteiger partial charge in [-0.05, 0) is 121 Å². The second-order valence-corrected chi connectivity index (χ2v) is 14.3. The Hall–Kier alpha value is -4.16. The van der Waals surface area contributed by atoms with Crippen molar-refractivity contribution in [2.24, 2.45) is 5.41 Å². The van der Waals surface area contributed by atoms with Crippen LogP contribution in [0.1, 0.15) is 46.7 Å². The van der Waals surface area contributed by atoms with Gasteiger partial charge < -0.3 is 14.8 Å². The molecular formula is C40H41BN2O2S. The number of ether oxygens (including phenoxy) is 1. The highest BCUT2D eigenvalue weighted by molar-refractivity contribution is 7.99. The van der Waals surface area contributed by atoms with E-state index in [1.807, 2.05) is 11.8 Å². The molecule has 5 aromatic rings. The Bertz CT molecular complexity index is 1910. The number of rotatable bonds is 9. The van der Waals surface area contributed by atoms with Gasteiger partial charge in [-0.3, -0.25) is 4.79 Å². The molecule has 232 valence electrons. The Morgan fingerprint density at radius 2 is 1.57 bits per heavy atom. The van der Waals surface area contributed by atoms with Gasteiger partial charge in [0, 0.05) is 28.2 Å². The summed E-state index contributed by atoms with van der Waals surface area (Å²) in [6.45, 7) is 7.38. The van der Waals surface area contributed by atoms with Crippen LogP contribution in [0.5, 0.6) is 0 Å². The summed E-state index contributed by atoms with van der Waals surface area (Å²) in [7, 11) is 1.52. The Labute approximate surface area is 277 Å². The number of carbonyl (C=O) groups is 1. The van der Waals surface area contributed by atoms with E-state index in [0.717, 1.165) is 31.6 Å². The number of thioether (sulfide) groups is 1. The fourth-order valence-electron chi connectivity index (χ4n) is 7.82. The molecule has 0 spiro atoms. The molecule has 0 bridgehead atoms. The predicted molar refractivity (Wildman–Crippen MR) is 195 cm³/mol. The highest BCUT2D eigenvalue weighted by Gasteiger charge is 2.45. The van der Waals surface area contributed by atoms with Gasteiger partial charge in [-0.15, -0.1) is 11.8 Å². The second kappa shape index (κ2) is 12.6. The van der Waals surface area contributed by atoms with Crippen LogP contribution in [0.4, 0.5) is 11.4 Å². The molecule has 0 saturated heterocycles. The van der Waals surface area contributed by atoms with Gasteiger partial charge in [0.1, 0.15) is 0 Å². The molecule has 1 aliphatic heterocycles. The lowest BCUT2D eigenvalue weighted by molar-refractivity contribution is -0.151. The van der Waals surface area contributed by atoms with E-state index in [0.29, 0.717) is 6.42 Å². The molecule has 7 rings (SSSR count). The van der Waals surface area contributed by atoms with E-state index in [4.69, 9.17) is 4.74 Å². The standard InChI is InChI=1S/C40H41BN2O2S/c1-27-32(20-13-23-46-31-18-9-6-10-19-31)38(28(2)34-25-40(3,24-33(27)34)39(44)45-4)41-42-35-21-11-16-30-17-12-22-36(37(30)35)43(41)26-29-14-7-5-8-15-29/h5-12,14-19,21-22,42H,13,20,23-26H2,1-4H3. The highest BCUT2D eigenvalue weighted by Crippen LogP contribution is 2.43. The fourth-order valence-corrected chi connectivity index (χ4v) is 8.69. The van der Waals surface area contributed by atoms with E-state index < -0.39 is 5.41 Å². The molecule has 4 nitrogen and oxygen atoms in total. The van der Waals surface area contributed by atoms with Crippen LogP contribution in [0.15, 0.2) is 102 Å². The number of benzene rings is 5. The third-order valence-electron chi connectivity index (χ3n) is 10.1. The van der Waals surface area contributed by atoms with Crippen LogP contribution in [0.3, 0.4) is 0 Å². The van der Waals surface area contributed by atoms with E-state index in [-0.39, 0.29) is 13.0 Å². The smallest absolute Gasteiger partial charge is 0.409 e. The van der Waals surface area contributed by atoms with E-state index in [1.54, 1.807) is 0 Å². The van der Waals surface area contributed by atoms with Gasteiger partial charge in [-0.2, -0.15) is 0 Å². The Balaban J connectivity index is 1.35. The summed E-state index contributed by atoms with van der Waals surface area (Å²) in [5, 5.41) is 6.56. The summed E-state index contributed by atoms with van der Waals surface area (Å²) in [4.78, 5) is 17.0. The molecule has 0 aromatic heterocycles. The molecule has 1 aliphatic carbocycles. The molecule has 6 heteroatoms. The van der Waals surface area contributed by atoms with E-state index in [2.05, 4.69) is 128 Å².